The first-order valence-electron chi connectivity index (χ1n) is 10.2. The van der Waals surface area contributed by atoms with Gasteiger partial charge in [0.2, 0.25) is 21.7 Å². The number of esters is 1. The van der Waals surface area contributed by atoms with E-state index in [-0.39, 0.29) is 22.8 Å². The fourth-order valence-electron chi connectivity index (χ4n) is 2.91. The van der Waals surface area contributed by atoms with Gasteiger partial charge in [-0.1, -0.05) is 5.16 Å². The molecule has 0 spiro atoms. The van der Waals surface area contributed by atoms with E-state index in [0.29, 0.717) is 24.6 Å². The maximum Gasteiger partial charge on any atom is 0.338 e. The van der Waals surface area contributed by atoms with E-state index in [0.717, 1.165) is 5.56 Å². The molecule has 0 saturated carbocycles. The van der Waals surface area contributed by atoms with E-state index in [4.69, 9.17) is 14.0 Å². The highest BCUT2D eigenvalue weighted by Gasteiger charge is 2.26. The summed E-state index contributed by atoms with van der Waals surface area (Å²) in [6.07, 6.45) is 4.16. The van der Waals surface area contributed by atoms with E-state index in [1.165, 1.54) is 25.3 Å². The summed E-state index contributed by atoms with van der Waals surface area (Å²) >= 11 is 0. The number of ether oxygens (including phenoxy) is 2. The summed E-state index contributed by atoms with van der Waals surface area (Å²) in [6, 6.07) is 7.72. The molecule has 33 heavy (non-hydrogen) atoms. The number of nitrogens with zero attached hydrogens (tertiary/aromatic N) is 3. The molecule has 2 aromatic heterocycles. The van der Waals surface area contributed by atoms with Gasteiger partial charge < -0.3 is 14.0 Å². The molecule has 11 heteroatoms. The molecular weight excluding hydrogens is 448 g/mol. The molecule has 10 nitrogen and oxygen atoms in total. The lowest BCUT2D eigenvalue weighted by molar-refractivity contribution is 0.0498. The minimum Gasteiger partial charge on any atom is -0.495 e. The van der Waals surface area contributed by atoms with Crippen molar-refractivity contribution in [3.05, 3.63) is 54.2 Å². The molecule has 0 radical (unpaired) electrons. The van der Waals surface area contributed by atoms with Gasteiger partial charge in [0.05, 0.1) is 19.3 Å². The van der Waals surface area contributed by atoms with Crippen molar-refractivity contribution < 1.29 is 27.2 Å². The van der Waals surface area contributed by atoms with Crippen LogP contribution in [0.25, 0.3) is 11.4 Å². The number of methoxy groups -OCH3 is 1. The Morgan fingerprint density at radius 2 is 2.00 bits per heavy atom. The van der Waals surface area contributed by atoms with Crippen molar-refractivity contribution in [1.82, 2.24) is 19.8 Å². The first-order valence-corrected chi connectivity index (χ1v) is 11.7. The molecule has 0 fully saturated rings. The van der Waals surface area contributed by atoms with Gasteiger partial charge >= 0.3 is 5.97 Å². The number of rotatable bonds is 9. The quantitative estimate of drug-likeness (QED) is 0.367. The number of carbonyl (C=O) groups excluding carboxylic acids is 1. The van der Waals surface area contributed by atoms with E-state index in [2.05, 4.69) is 19.8 Å². The molecule has 0 aliphatic heterocycles. The zero-order valence-electron chi connectivity index (χ0n) is 18.9. The second-order valence-electron chi connectivity index (χ2n) is 8.21. The topological polar surface area (TPSA) is 134 Å². The maximum atomic E-state index is 12.8. The third-order valence-electron chi connectivity index (χ3n) is 4.29. The Bertz CT molecular complexity index is 1200. The van der Waals surface area contributed by atoms with E-state index in [9.17, 15) is 13.2 Å². The molecule has 2 heterocycles. The monoisotopic (exact) mass is 474 g/mol. The van der Waals surface area contributed by atoms with E-state index >= 15 is 0 Å². The molecule has 0 bridgehead atoms. The van der Waals surface area contributed by atoms with E-state index in [1.54, 1.807) is 39.2 Å². The number of aromatic nitrogens is 3. The van der Waals surface area contributed by atoms with Crippen LogP contribution in [0.4, 0.5) is 0 Å². The number of pyridine rings is 1. The number of hydrogen-bond acceptors (Lipinski definition) is 9. The molecule has 0 unspecified atom stereocenters. The van der Waals surface area contributed by atoms with Gasteiger partial charge in [-0.05, 0) is 57.5 Å². The van der Waals surface area contributed by atoms with Crippen LogP contribution in [0.3, 0.4) is 0 Å². The van der Waals surface area contributed by atoms with E-state index in [1.807, 2.05) is 6.07 Å². The van der Waals surface area contributed by atoms with E-state index < -0.39 is 21.5 Å². The fraction of sp³-hybridized carbons (Fsp3) is 0.364. The summed E-state index contributed by atoms with van der Waals surface area (Å²) in [5, 5.41) is 3.91. The predicted octanol–water partition coefficient (Wildman–Crippen LogP) is 3.01. The number of carbonyl (C=O) groups is 1. The molecular formula is C22H26N4O6S. The van der Waals surface area contributed by atoms with Crippen molar-refractivity contribution in [1.29, 1.82) is 0 Å². The second-order valence-corrected chi connectivity index (χ2v) is 9.86. The van der Waals surface area contributed by atoms with Crippen LogP contribution in [-0.4, -0.2) is 48.8 Å². The first kappa shape index (κ1) is 24.3. The van der Waals surface area contributed by atoms with Crippen LogP contribution in [-0.2, 0) is 21.2 Å². The summed E-state index contributed by atoms with van der Waals surface area (Å²) in [5.74, 6) is 0.331. The smallest absolute Gasteiger partial charge is 0.338 e. The van der Waals surface area contributed by atoms with Gasteiger partial charge in [0.25, 0.3) is 0 Å². The van der Waals surface area contributed by atoms with Gasteiger partial charge in [-0.15, -0.1) is 0 Å². The van der Waals surface area contributed by atoms with Crippen molar-refractivity contribution in [3.8, 4) is 17.1 Å². The normalized spacial score (nSPS) is 11.9. The van der Waals surface area contributed by atoms with Gasteiger partial charge in [0.15, 0.2) is 0 Å². The first-order chi connectivity index (χ1) is 15.6. The molecule has 3 aromatic rings. The average molecular weight is 475 g/mol. The SMILES string of the molecule is COc1ccc(C(=O)OCCCc2nc(-c3cccnc3)no2)cc1S(=O)(=O)NC(C)(C)C. The van der Waals surface area contributed by atoms with Crippen LogP contribution < -0.4 is 9.46 Å². The van der Waals surface area contributed by atoms with Crippen LogP contribution in [0, 0.1) is 0 Å². The Morgan fingerprint density at radius 1 is 1.21 bits per heavy atom. The molecule has 0 aliphatic rings. The average Bonchev–Trinajstić information content (AvgIpc) is 3.24. The highest BCUT2D eigenvalue weighted by atomic mass is 32.2. The number of sulfonamides is 1. The van der Waals surface area contributed by atoms with Gasteiger partial charge in [0, 0.05) is 29.9 Å². The molecule has 1 aromatic carbocycles. The lowest BCUT2D eigenvalue weighted by Crippen LogP contribution is -2.40. The highest BCUT2D eigenvalue weighted by molar-refractivity contribution is 7.89. The summed E-state index contributed by atoms with van der Waals surface area (Å²) in [5.41, 5.74) is 0.137. The molecule has 0 atom stereocenters. The minimum absolute atomic E-state index is 0.0950. The number of nitrogens with one attached hydrogen (secondary N) is 1. The molecule has 3 rings (SSSR count). The van der Waals surface area contributed by atoms with Gasteiger partial charge in [-0.2, -0.15) is 4.98 Å². The molecule has 176 valence electrons. The lowest BCUT2D eigenvalue weighted by Gasteiger charge is -2.21. The minimum atomic E-state index is -3.91. The Balaban J connectivity index is 1.60. The van der Waals surface area contributed by atoms with Crippen molar-refractivity contribution >= 4 is 16.0 Å². The van der Waals surface area contributed by atoms with Gasteiger partial charge in [-0.25, -0.2) is 17.9 Å². The molecule has 1 N–H and O–H groups in total. The van der Waals surface area contributed by atoms with Crippen molar-refractivity contribution in [2.75, 3.05) is 13.7 Å². The molecule has 0 saturated heterocycles. The number of hydrogen-bond donors (Lipinski definition) is 1. The van der Waals surface area contributed by atoms with Crippen LogP contribution >= 0.6 is 0 Å². The van der Waals surface area contributed by atoms with Crippen molar-refractivity contribution in [2.45, 2.75) is 44.0 Å². The van der Waals surface area contributed by atoms with Crippen molar-refractivity contribution in [3.63, 3.8) is 0 Å². The second kappa shape index (κ2) is 10.1. The van der Waals surface area contributed by atoms with Crippen LogP contribution in [0.15, 0.2) is 52.1 Å². The summed E-state index contributed by atoms with van der Waals surface area (Å²) in [4.78, 5) is 20.6. The molecule has 0 aliphatic carbocycles. The highest BCUT2D eigenvalue weighted by Crippen LogP contribution is 2.26. The number of benzene rings is 1. The fourth-order valence-corrected chi connectivity index (χ4v) is 4.53. The summed E-state index contributed by atoms with van der Waals surface area (Å²) in [6.45, 7) is 5.26. The Hall–Kier alpha value is -3.31. The van der Waals surface area contributed by atoms with Gasteiger partial charge in [0.1, 0.15) is 10.6 Å². The Kier molecular flexibility index (Phi) is 7.44. The zero-order chi connectivity index (χ0) is 24.1. The van der Waals surface area contributed by atoms with Crippen LogP contribution in [0.2, 0.25) is 0 Å². The lowest BCUT2D eigenvalue weighted by atomic mass is 10.1. The predicted molar refractivity (Wildman–Crippen MR) is 119 cm³/mol. The third kappa shape index (κ3) is 6.59. The zero-order valence-corrected chi connectivity index (χ0v) is 19.7. The third-order valence-corrected chi connectivity index (χ3v) is 6.06. The Morgan fingerprint density at radius 3 is 2.67 bits per heavy atom. The Labute approximate surface area is 192 Å². The van der Waals surface area contributed by atoms with Crippen LogP contribution in [0.1, 0.15) is 43.4 Å². The van der Waals surface area contributed by atoms with Gasteiger partial charge in [-0.3, -0.25) is 4.98 Å². The molecule has 0 amide bonds. The standard InChI is InChI=1S/C22H26N4O6S/c1-22(2,3)26-33(28,29)18-13-15(9-10-17(18)30-4)21(27)31-12-6-8-19-24-20(25-32-19)16-7-5-11-23-14-16/h5,7,9-11,13-14,26H,6,8,12H2,1-4H3. The number of aryl methyl sites for hydroxylation is 1. The summed E-state index contributed by atoms with van der Waals surface area (Å²) in [7, 11) is -2.55. The van der Waals surface area contributed by atoms with Crippen LogP contribution in [0.5, 0.6) is 5.75 Å². The summed E-state index contributed by atoms with van der Waals surface area (Å²) < 4.78 is 43.7. The van der Waals surface area contributed by atoms with Crippen molar-refractivity contribution in [2.24, 2.45) is 0 Å². The largest absolute Gasteiger partial charge is 0.495 e. The maximum absolute atomic E-state index is 12.8.